The van der Waals surface area contributed by atoms with Gasteiger partial charge in [-0.25, -0.2) is 4.79 Å². The lowest BCUT2D eigenvalue weighted by Crippen LogP contribution is -2.15. The molecule has 2 aromatic carbocycles. The molecule has 0 aliphatic heterocycles. The van der Waals surface area contributed by atoms with E-state index in [1.807, 2.05) is 6.92 Å². The molecule has 0 unspecified atom stereocenters. The quantitative estimate of drug-likeness (QED) is 0.525. The minimum Gasteiger partial charge on any atom is -0.497 e. The monoisotopic (exact) mass is 440 g/mol. The van der Waals surface area contributed by atoms with E-state index < -0.39 is 11.9 Å². The number of benzene rings is 2. The summed E-state index contributed by atoms with van der Waals surface area (Å²) in [5, 5.41) is 6.68. The number of ether oxygens (including phenoxy) is 4. The first kappa shape index (κ1) is 22.7. The maximum Gasteiger partial charge on any atom is 0.338 e. The van der Waals surface area contributed by atoms with Gasteiger partial charge in [0.05, 0.1) is 43.7 Å². The van der Waals surface area contributed by atoms with E-state index in [0.29, 0.717) is 34.4 Å². The minimum atomic E-state index is -0.549. The largest absolute Gasteiger partial charge is 0.497 e. The van der Waals surface area contributed by atoms with E-state index in [2.05, 4.69) is 10.5 Å². The molecule has 1 amide bonds. The zero-order valence-electron chi connectivity index (χ0n) is 18.5. The third kappa shape index (κ3) is 5.00. The smallest absolute Gasteiger partial charge is 0.338 e. The molecule has 9 heteroatoms. The number of rotatable bonds is 8. The van der Waals surface area contributed by atoms with Crippen molar-refractivity contribution in [3.8, 4) is 17.2 Å². The summed E-state index contributed by atoms with van der Waals surface area (Å²) in [5.41, 5.74) is 2.40. The van der Waals surface area contributed by atoms with Crippen LogP contribution in [-0.4, -0.2) is 38.4 Å². The number of nitrogens with one attached hydrogen (secondary N) is 1. The summed E-state index contributed by atoms with van der Waals surface area (Å²) in [5.74, 6) is 0.899. The maximum absolute atomic E-state index is 13.1. The Labute approximate surface area is 185 Å². The predicted octanol–water partition coefficient (Wildman–Crippen LogP) is 3.93. The highest BCUT2D eigenvalue weighted by molar-refractivity contribution is 6.07. The molecule has 1 heterocycles. The zero-order chi connectivity index (χ0) is 23.3. The van der Waals surface area contributed by atoms with E-state index in [1.165, 1.54) is 33.5 Å². The minimum absolute atomic E-state index is 0.167. The van der Waals surface area contributed by atoms with Crippen molar-refractivity contribution in [2.75, 3.05) is 26.6 Å². The van der Waals surface area contributed by atoms with Crippen molar-refractivity contribution < 1.29 is 33.1 Å². The van der Waals surface area contributed by atoms with Gasteiger partial charge in [0, 0.05) is 17.8 Å². The highest BCUT2D eigenvalue weighted by Gasteiger charge is 2.18. The van der Waals surface area contributed by atoms with E-state index in [9.17, 15) is 9.59 Å². The number of amides is 1. The Hall–Kier alpha value is -4.01. The summed E-state index contributed by atoms with van der Waals surface area (Å²) < 4.78 is 26.3. The fourth-order valence-electron chi connectivity index (χ4n) is 3.02. The molecule has 3 rings (SSSR count). The fourth-order valence-corrected chi connectivity index (χ4v) is 3.02. The van der Waals surface area contributed by atoms with E-state index in [4.69, 9.17) is 23.5 Å². The molecule has 0 atom stereocenters. The molecular formula is C23H24N2O7. The van der Waals surface area contributed by atoms with Crippen molar-refractivity contribution in [1.29, 1.82) is 0 Å². The summed E-state index contributed by atoms with van der Waals surface area (Å²) in [4.78, 5) is 25.0. The molecule has 9 nitrogen and oxygen atoms in total. The van der Waals surface area contributed by atoms with Crippen LogP contribution in [0.25, 0.3) is 0 Å². The summed E-state index contributed by atoms with van der Waals surface area (Å²) >= 11 is 0. The summed E-state index contributed by atoms with van der Waals surface area (Å²) in [6, 6.07) is 9.49. The standard InChI is InChI=1S/C23H24N2O7/c1-13-20(14(2)32-25-13)12-31-21-11-17(28-3)6-7-19(21)22(26)24-16-8-15(23(27)30-5)9-18(10-16)29-4/h6-11H,12H2,1-5H3,(H,24,26). The van der Waals surface area contributed by atoms with Crippen LogP contribution in [0.15, 0.2) is 40.9 Å². The highest BCUT2D eigenvalue weighted by Crippen LogP contribution is 2.28. The number of aromatic nitrogens is 1. The Morgan fingerprint density at radius 1 is 1.00 bits per heavy atom. The second kappa shape index (κ2) is 9.86. The maximum atomic E-state index is 13.1. The first-order chi connectivity index (χ1) is 15.4. The molecule has 32 heavy (non-hydrogen) atoms. The first-order valence-electron chi connectivity index (χ1n) is 9.67. The van der Waals surface area contributed by atoms with Crippen molar-refractivity contribution in [1.82, 2.24) is 5.16 Å². The van der Waals surface area contributed by atoms with Crippen molar-refractivity contribution >= 4 is 17.6 Å². The van der Waals surface area contributed by atoms with Crippen LogP contribution in [0.4, 0.5) is 5.69 Å². The Kier molecular flexibility index (Phi) is 6.99. The lowest BCUT2D eigenvalue weighted by atomic mass is 10.1. The SMILES string of the molecule is COC(=O)c1cc(NC(=O)c2ccc(OC)cc2OCc2c(C)noc2C)cc(OC)c1. The normalized spacial score (nSPS) is 10.4. The van der Waals surface area contributed by atoms with Crippen LogP contribution in [-0.2, 0) is 11.3 Å². The molecule has 1 aromatic heterocycles. The van der Waals surface area contributed by atoms with Crippen LogP contribution in [0.1, 0.15) is 37.7 Å². The van der Waals surface area contributed by atoms with Crippen LogP contribution >= 0.6 is 0 Å². The van der Waals surface area contributed by atoms with Crippen LogP contribution in [0, 0.1) is 13.8 Å². The Morgan fingerprint density at radius 2 is 1.75 bits per heavy atom. The van der Waals surface area contributed by atoms with Gasteiger partial charge in [0.2, 0.25) is 0 Å². The van der Waals surface area contributed by atoms with E-state index in [-0.39, 0.29) is 17.7 Å². The lowest BCUT2D eigenvalue weighted by molar-refractivity contribution is 0.0600. The molecule has 1 N–H and O–H groups in total. The Bertz CT molecular complexity index is 1120. The second-order valence-corrected chi connectivity index (χ2v) is 6.85. The molecule has 0 saturated heterocycles. The van der Waals surface area contributed by atoms with Crippen molar-refractivity contribution in [3.05, 3.63) is 64.5 Å². The number of hydrogen-bond acceptors (Lipinski definition) is 8. The van der Waals surface area contributed by atoms with Gasteiger partial charge in [-0.3, -0.25) is 4.79 Å². The van der Waals surface area contributed by atoms with E-state index >= 15 is 0 Å². The van der Waals surface area contributed by atoms with Gasteiger partial charge in [-0.05, 0) is 38.1 Å². The number of methoxy groups -OCH3 is 3. The van der Waals surface area contributed by atoms with E-state index in [1.54, 1.807) is 31.2 Å². The van der Waals surface area contributed by atoms with Gasteiger partial charge in [0.1, 0.15) is 29.6 Å². The number of carbonyl (C=O) groups excluding carboxylic acids is 2. The molecule has 0 aliphatic carbocycles. The van der Waals surface area contributed by atoms with Crippen LogP contribution in [0.3, 0.4) is 0 Å². The third-order valence-corrected chi connectivity index (χ3v) is 4.81. The van der Waals surface area contributed by atoms with Crippen molar-refractivity contribution in [2.45, 2.75) is 20.5 Å². The number of aryl methyl sites for hydroxylation is 2. The van der Waals surface area contributed by atoms with Gasteiger partial charge in [0.15, 0.2) is 0 Å². The number of carbonyl (C=O) groups is 2. The Morgan fingerprint density at radius 3 is 2.38 bits per heavy atom. The summed E-state index contributed by atoms with van der Waals surface area (Å²) in [6.45, 7) is 3.77. The van der Waals surface area contributed by atoms with Gasteiger partial charge < -0.3 is 28.8 Å². The molecule has 0 spiro atoms. The number of hydrogen-bond donors (Lipinski definition) is 1. The predicted molar refractivity (Wildman–Crippen MR) is 116 cm³/mol. The molecule has 0 aliphatic rings. The van der Waals surface area contributed by atoms with Gasteiger partial charge in [-0.15, -0.1) is 0 Å². The Balaban J connectivity index is 1.88. The van der Waals surface area contributed by atoms with Crippen LogP contribution < -0.4 is 19.5 Å². The average molecular weight is 440 g/mol. The molecule has 3 aromatic rings. The van der Waals surface area contributed by atoms with Gasteiger partial charge in [0.25, 0.3) is 5.91 Å². The molecule has 168 valence electrons. The van der Waals surface area contributed by atoms with Gasteiger partial charge in [-0.1, -0.05) is 5.16 Å². The van der Waals surface area contributed by atoms with Gasteiger partial charge in [-0.2, -0.15) is 0 Å². The zero-order valence-corrected chi connectivity index (χ0v) is 18.5. The average Bonchev–Trinajstić information content (AvgIpc) is 3.13. The van der Waals surface area contributed by atoms with Crippen LogP contribution in [0.2, 0.25) is 0 Å². The highest BCUT2D eigenvalue weighted by atomic mass is 16.5. The summed E-state index contributed by atoms with van der Waals surface area (Å²) in [7, 11) is 4.27. The summed E-state index contributed by atoms with van der Waals surface area (Å²) in [6.07, 6.45) is 0. The molecule has 0 fully saturated rings. The third-order valence-electron chi connectivity index (χ3n) is 4.81. The van der Waals surface area contributed by atoms with Crippen molar-refractivity contribution in [3.63, 3.8) is 0 Å². The second-order valence-electron chi connectivity index (χ2n) is 6.85. The van der Waals surface area contributed by atoms with Gasteiger partial charge >= 0.3 is 5.97 Å². The fraction of sp³-hybridized carbons (Fsp3) is 0.261. The topological polar surface area (TPSA) is 109 Å². The van der Waals surface area contributed by atoms with E-state index in [0.717, 1.165) is 5.56 Å². The van der Waals surface area contributed by atoms with Crippen molar-refractivity contribution in [2.24, 2.45) is 0 Å². The molecule has 0 radical (unpaired) electrons. The molecule has 0 bridgehead atoms. The number of esters is 1. The molecular weight excluding hydrogens is 416 g/mol. The number of nitrogens with zero attached hydrogens (tertiary/aromatic N) is 1. The van der Waals surface area contributed by atoms with Crippen LogP contribution in [0.5, 0.6) is 17.2 Å². The number of anilines is 1. The first-order valence-corrected chi connectivity index (χ1v) is 9.67. The molecule has 0 saturated carbocycles. The lowest BCUT2D eigenvalue weighted by Gasteiger charge is -2.14.